The topological polar surface area (TPSA) is 113 Å². The number of likely N-dealkylation sites (tertiary alicyclic amines) is 1. The highest BCUT2D eigenvalue weighted by atomic mass is 16.2. The van der Waals surface area contributed by atoms with Crippen LogP contribution >= 0.6 is 0 Å². The van der Waals surface area contributed by atoms with Crippen molar-refractivity contribution in [1.82, 2.24) is 4.90 Å². The zero-order chi connectivity index (χ0) is 14.0. The maximum absolute atomic E-state index is 11.9. The van der Waals surface area contributed by atoms with Crippen LogP contribution in [0.2, 0.25) is 0 Å². The lowest BCUT2D eigenvalue weighted by Gasteiger charge is -2.16. The van der Waals surface area contributed by atoms with Crippen molar-refractivity contribution in [2.24, 2.45) is 17.4 Å². The molecule has 6 nitrogen and oxygen atoms in total. The highest BCUT2D eigenvalue weighted by Crippen LogP contribution is 2.20. The Morgan fingerprint density at radius 3 is 2.42 bits per heavy atom. The second-order valence-electron chi connectivity index (χ2n) is 4.61. The summed E-state index contributed by atoms with van der Waals surface area (Å²) in [4.78, 5) is 24.6. The number of carbonyl (C=O) groups excluding carboxylic acids is 2. The third-order valence-corrected chi connectivity index (χ3v) is 3.28. The molecule has 1 fully saturated rings. The number of amidine groups is 1. The van der Waals surface area contributed by atoms with Gasteiger partial charge < -0.3 is 16.4 Å². The molecule has 1 saturated heterocycles. The first kappa shape index (κ1) is 13.1. The molecule has 0 bridgehead atoms. The predicted molar refractivity (Wildman–Crippen MR) is 70.2 cm³/mol. The molecule has 2 amide bonds. The molecule has 0 aliphatic carbocycles. The lowest BCUT2D eigenvalue weighted by molar-refractivity contribution is -0.136. The molecular weight excluding hydrogens is 244 g/mol. The zero-order valence-corrected chi connectivity index (χ0v) is 10.4. The van der Waals surface area contributed by atoms with Crippen LogP contribution < -0.4 is 11.5 Å². The number of hydrogen-bond acceptors (Lipinski definition) is 3. The summed E-state index contributed by atoms with van der Waals surface area (Å²) in [6.07, 6.45) is 0.486. The minimum Gasteiger partial charge on any atom is -0.384 e. The van der Waals surface area contributed by atoms with Gasteiger partial charge >= 0.3 is 0 Å². The summed E-state index contributed by atoms with van der Waals surface area (Å²) in [6, 6.07) is 7.12. The summed E-state index contributed by atoms with van der Waals surface area (Å²) in [5, 5.41) is 7.30. The van der Waals surface area contributed by atoms with Gasteiger partial charge in [0.1, 0.15) is 11.8 Å². The average Bonchev–Trinajstić information content (AvgIpc) is 2.72. The van der Waals surface area contributed by atoms with Crippen LogP contribution in [0.25, 0.3) is 0 Å². The number of nitrogens with one attached hydrogen (secondary N) is 1. The first-order valence-corrected chi connectivity index (χ1v) is 6.00. The minimum atomic E-state index is -0.684. The van der Waals surface area contributed by atoms with E-state index in [1.807, 2.05) is 12.1 Å². The van der Waals surface area contributed by atoms with Gasteiger partial charge in [0.05, 0.1) is 0 Å². The molecule has 19 heavy (non-hydrogen) atoms. The number of nitrogen functional groups attached to an aromatic ring is 1. The van der Waals surface area contributed by atoms with Gasteiger partial charge in [0.2, 0.25) is 11.8 Å². The lowest BCUT2D eigenvalue weighted by Crippen LogP contribution is -2.33. The fraction of sp³-hybridized carbons (Fsp3) is 0.308. The zero-order valence-electron chi connectivity index (χ0n) is 10.4. The van der Waals surface area contributed by atoms with Crippen LogP contribution in [-0.4, -0.2) is 29.1 Å². The monoisotopic (exact) mass is 260 g/mol. The van der Waals surface area contributed by atoms with Gasteiger partial charge in [0.25, 0.3) is 0 Å². The Balaban J connectivity index is 2.04. The van der Waals surface area contributed by atoms with Crippen LogP contribution in [0.5, 0.6) is 0 Å². The molecule has 1 atom stereocenters. The molecule has 0 spiro atoms. The normalized spacial score (nSPS) is 18.6. The molecule has 1 aliphatic heterocycles. The molecule has 1 aromatic rings. The van der Waals surface area contributed by atoms with Crippen LogP contribution in [0.15, 0.2) is 24.3 Å². The first-order valence-electron chi connectivity index (χ1n) is 6.00. The standard InChI is InChI=1S/C13H16N4O2/c14-11(15)9-3-1-8(2-4-9)7-17-6-5-10(12(16)18)13(17)19/h1-4,10H,5-7H2,(H3,14,15)(H2,16,18)/t10-/m0/s1. The summed E-state index contributed by atoms with van der Waals surface area (Å²) in [7, 11) is 0. The molecule has 5 N–H and O–H groups in total. The van der Waals surface area contributed by atoms with Gasteiger partial charge in [0, 0.05) is 18.7 Å². The van der Waals surface area contributed by atoms with E-state index in [1.165, 1.54) is 0 Å². The van der Waals surface area contributed by atoms with Crippen molar-refractivity contribution in [1.29, 1.82) is 5.41 Å². The smallest absolute Gasteiger partial charge is 0.235 e. The van der Waals surface area contributed by atoms with E-state index in [9.17, 15) is 9.59 Å². The molecule has 2 rings (SSSR count). The van der Waals surface area contributed by atoms with Gasteiger partial charge in [-0.15, -0.1) is 0 Å². The molecule has 0 aromatic heterocycles. The summed E-state index contributed by atoms with van der Waals surface area (Å²) >= 11 is 0. The van der Waals surface area contributed by atoms with Gasteiger partial charge in [-0.2, -0.15) is 0 Å². The summed E-state index contributed by atoms with van der Waals surface area (Å²) < 4.78 is 0. The van der Waals surface area contributed by atoms with Crippen molar-refractivity contribution in [2.45, 2.75) is 13.0 Å². The number of carbonyl (C=O) groups is 2. The van der Waals surface area contributed by atoms with Crippen LogP contribution in [0.4, 0.5) is 0 Å². The van der Waals surface area contributed by atoms with E-state index in [0.717, 1.165) is 5.56 Å². The van der Waals surface area contributed by atoms with Crippen LogP contribution in [-0.2, 0) is 16.1 Å². The molecule has 1 heterocycles. The maximum atomic E-state index is 11.9. The lowest BCUT2D eigenvalue weighted by atomic mass is 10.1. The second-order valence-corrected chi connectivity index (χ2v) is 4.61. The van der Waals surface area contributed by atoms with E-state index in [0.29, 0.717) is 25.1 Å². The van der Waals surface area contributed by atoms with E-state index in [2.05, 4.69) is 0 Å². The fourth-order valence-electron chi connectivity index (χ4n) is 2.17. The highest BCUT2D eigenvalue weighted by molar-refractivity contribution is 6.00. The van der Waals surface area contributed by atoms with Crippen molar-refractivity contribution in [3.8, 4) is 0 Å². The van der Waals surface area contributed by atoms with E-state index >= 15 is 0 Å². The number of amides is 2. The van der Waals surface area contributed by atoms with Gasteiger partial charge in [-0.05, 0) is 12.0 Å². The van der Waals surface area contributed by atoms with Gasteiger partial charge in [-0.3, -0.25) is 15.0 Å². The molecule has 1 aliphatic rings. The van der Waals surface area contributed by atoms with Crippen LogP contribution in [0, 0.1) is 11.3 Å². The number of benzene rings is 1. The molecular formula is C13H16N4O2. The molecule has 1 aromatic carbocycles. The van der Waals surface area contributed by atoms with Gasteiger partial charge in [-0.1, -0.05) is 24.3 Å². The Kier molecular flexibility index (Phi) is 3.50. The average molecular weight is 260 g/mol. The fourth-order valence-corrected chi connectivity index (χ4v) is 2.17. The maximum Gasteiger partial charge on any atom is 0.235 e. The Morgan fingerprint density at radius 1 is 1.32 bits per heavy atom. The summed E-state index contributed by atoms with van der Waals surface area (Å²) in [6.45, 7) is 0.988. The van der Waals surface area contributed by atoms with Crippen molar-refractivity contribution >= 4 is 17.6 Å². The molecule has 0 saturated carbocycles. The number of rotatable bonds is 4. The Labute approximate surface area is 110 Å². The molecule has 6 heteroatoms. The highest BCUT2D eigenvalue weighted by Gasteiger charge is 2.35. The first-order chi connectivity index (χ1) is 8.99. The van der Waals surface area contributed by atoms with Crippen molar-refractivity contribution in [2.75, 3.05) is 6.54 Å². The van der Waals surface area contributed by atoms with Crippen molar-refractivity contribution < 1.29 is 9.59 Å². The third kappa shape index (κ3) is 2.73. The third-order valence-electron chi connectivity index (χ3n) is 3.28. The van der Waals surface area contributed by atoms with E-state index in [-0.39, 0.29) is 11.7 Å². The van der Waals surface area contributed by atoms with Crippen molar-refractivity contribution in [3.63, 3.8) is 0 Å². The number of nitrogens with zero attached hydrogens (tertiary/aromatic N) is 1. The van der Waals surface area contributed by atoms with Gasteiger partial charge in [0.15, 0.2) is 0 Å². The SMILES string of the molecule is N=C(N)c1ccc(CN2CC[C@@H](C(N)=O)C2=O)cc1. The van der Waals surface area contributed by atoms with E-state index < -0.39 is 11.8 Å². The van der Waals surface area contributed by atoms with Gasteiger partial charge in [-0.25, -0.2) is 0 Å². The molecule has 0 radical (unpaired) electrons. The van der Waals surface area contributed by atoms with Crippen LogP contribution in [0.3, 0.4) is 0 Å². The van der Waals surface area contributed by atoms with E-state index in [1.54, 1.807) is 17.0 Å². The number of nitrogens with two attached hydrogens (primary N) is 2. The summed E-state index contributed by atoms with van der Waals surface area (Å²) in [5.74, 6) is -1.43. The van der Waals surface area contributed by atoms with E-state index in [4.69, 9.17) is 16.9 Å². The predicted octanol–water partition coefficient (Wildman–Crippen LogP) is -0.196. The quantitative estimate of drug-likeness (QED) is 0.396. The Hall–Kier alpha value is -2.37. The van der Waals surface area contributed by atoms with Crippen molar-refractivity contribution in [3.05, 3.63) is 35.4 Å². The number of primary amides is 1. The van der Waals surface area contributed by atoms with Crippen LogP contribution in [0.1, 0.15) is 17.5 Å². The number of hydrogen-bond donors (Lipinski definition) is 3. The largest absolute Gasteiger partial charge is 0.384 e. The second kappa shape index (κ2) is 5.09. The molecule has 100 valence electrons. The Bertz CT molecular complexity index is 524. The summed E-state index contributed by atoms with van der Waals surface area (Å²) in [5.41, 5.74) is 12.1. The Morgan fingerprint density at radius 2 is 1.95 bits per heavy atom. The molecule has 0 unspecified atom stereocenters. The minimum absolute atomic E-state index is 0.0117.